The molecule has 2 N–H and O–H groups in total. The van der Waals surface area contributed by atoms with Crippen molar-refractivity contribution < 1.29 is 29.0 Å². The van der Waals surface area contributed by atoms with Gasteiger partial charge in [0, 0.05) is 26.3 Å². The summed E-state index contributed by atoms with van der Waals surface area (Å²) in [4.78, 5) is 38.6. The van der Waals surface area contributed by atoms with E-state index < -0.39 is 18.2 Å². The molecule has 0 aromatic heterocycles. The number of esters is 2. The van der Waals surface area contributed by atoms with E-state index in [4.69, 9.17) is 9.47 Å². The number of rotatable bonds is 11. The highest BCUT2D eigenvalue weighted by Gasteiger charge is 2.38. The second-order valence-corrected chi connectivity index (χ2v) is 10.5. The van der Waals surface area contributed by atoms with E-state index in [1.807, 2.05) is 42.5 Å². The molecule has 3 rings (SSSR count). The topological polar surface area (TPSA) is 105 Å². The van der Waals surface area contributed by atoms with Crippen LogP contribution in [0.15, 0.2) is 54.6 Å². The molecule has 1 fully saturated rings. The van der Waals surface area contributed by atoms with Crippen molar-refractivity contribution in [3.63, 3.8) is 0 Å². The maximum Gasteiger partial charge on any atom is 0.328 e. The molecule has 1 amide bonds. The molecule has 0 spiro atoms. The Bertz CT molecular complexity index is 1090. The van der Waals surface area contributed by atoms with Gasteiger partial charge in [-0.25, -0.2) is 0 Å². The van der Waals surface area contributed by atoms with E-state index in [2.05, 4.69) is 30.1 Å². The third-order valence-electron chi connectivity index (χ3n) is 7.60. The monoisotopic (exact) mass is 524 g/mol. The van der Waals surface area contributed by atoms with Gasteiger partial charge in [0.1, 0.15) is 12.3 Å². The third kappa shape index (κ3) is 8.31. The number of amides is 1. The lowest BCUT2D eigenvalue weighted by molar-refractivity contribution is -0.182. The molecule has 1 heterocycles. The Morgan fingerprint density at radius 1 is 1.13 bits per heavy atom. The first kappa shape index (κ1) is 29.2. The summed E-state index contributed by atoms with van der Waals surface area (Å²) in [5.74, 6) is -1.08. The van der Waals surface area contributed by atoms with Gasteiger partial charge < -0.3 is 24.8 Å². The second-order valence-electron chi connectivity index (χ2n) is 10.5. The van der Waals surface area contributed by atoms with Crippen molar-refractivity contribution in [1.82, 2.24) is 10.2 Å². The molecular weight excluding hydrogens is 484 g/mol. The number of piperidine rings is 1. The number of nitrogens with zero attached hydrogens (tertiary/aromatic N) is 1. The summed E-state index contributed by atoms with van der Waals surface area (Å²) in [6, 6.07) is 17.4. The zero-order valence-corrected chi connectivity index (χ0v) is 22.8. The molecule has 0 saturated carbocycles. The third-order valence-corrected chi connectivity index (χ3v) is 7.60. The van der Waals surface area contributed by atoms with Crippen LogP contribution in [0.5, 0.6) is 5.75 Å². The zero-order chi connectivity index (χ0) is 27.7. The fourth-order valence-electron chi connectivity index (χ4n) is 5.16. The molecule has 38 heavy (non-hydrogen) atoms. The van der Waals surface area contributed by atoms with Crippen LogP contribution in [-0.4, -0.2) is 60.3 Å². The van der Waals surface area contributed by atoms with Gasteiger partial charge in [-0.2, -0.15) is 0 Å². The quantitative estimate of drug-likeness (QED) is 0.340. The van der Waals surface area contributed by atoms with Gasteiger partial charge in [0.05, 0.1) is 0 Å². The Hall–Kier alpha value is -3.39. The Balaban J connectivity index is 1.58. The van der Waals surface area contributed by atoms with E-state index in [9.17, 15) is 19.5 Å². The predicted octanol–water partition coefficient (Wildman–Crippen LogP) is 3.81. The highest BCUT2D eigenvalue weighted by atomic mass is 16.7. The normalized spacial score (nSPS) is 21.2. The Labute approximate surface area is 225 Å². The number of nitrogens with one attached hydrogen (secondary N) is 1. The molecule has 0 aliphatic carbocycles. The molecule has 4 atom stereocenters. The smallest absolute Gasteiger partial charge is 0.328 e. The maximum atomic E-state index is 13.1. The number of benzene rings is 2. The van der Waals surface area contributed by atoms with E-state index in [1.54, 1.807) is 6.07 Å². The van der Waals surface area contributed by atoms with Crippen LogP contribution < -0.4 is 5.32 Å². The van der Waals surface area contributed by atoms with Gasteiger partial charge in [0.25, 0.3) is 0 Å². The average Bonchev–Trinajstić information content (AvgIpc) is 2.87. The molecule has 0 radical (unpaired) electrons. The summed E-state index contributed by atoms with van der Waals surface area (Å²) >= 11 is 0. The van der Waals surface area contributed by atoms with Crippen LogP contribution in [0, 0.1) is 11.8 Å². The molecule has 2 aromatic rings. The van der Waals surface area contributed by atoms with Gasteiger partial charge >= 0.3 is 11.9 Å². The number of aromatic hydroxyl groups is 1. The molecule has 1 aliphatic heterocycles. The van der Waals surface area contributed by atoms with Crippen LogP contribution in [0.4, 0.5) is 0 Å². The molecule has 8 nitrogen and oxygen atoms in total. The van der Waals surface area contributed by atoms with E-state index >= 15 is 0 Å². The average molecular weight is 525 g/mol. The minimum Gasteiger partial charge on any atom is -0.508 e. The van der Waals surface area contributed by atoms with Crippen molar-refractivity contribution in [2.45, 2.75) is 58.7 Å². The van der Waals surface area contributed by atoms with Crippen LogP contribution in [0.2, 0.25) is 0 Å². The lowest BCUT2D eigenvalue weighted by atomic mass is 9.68. The molecule has 4 unspecified atom stereocenters. The first-order chi connectivity index (χ1) is 18.1. The van der Waals surface area contributed by atoms with Crippen molar-refractivity contribution in [1.29, 1.82) is 0 Å². The van der Waals surface area contributed by atoms with Crippen LogP contribution in [0.3, 0.4) is 0 Å². The second kappa shape index (κ2) is 13.4. The van der Waals surface area contributed by atoms with E-state index in [0.717, 1.165) is 37.2 Å². The number of carbonyl (C=O) groups is 3. The summed E-state index contributed by atoms with van der Waals surface area (Å²) in [5, 5.41) is 12.7. The zero-order valence-electron chi connectivity index (χ0n) is 22.8. The van der Waals surface area contributed by atoms with Crippen LogP contribution in [0.25, 0.3) is 0 Å². The highest BCUT2D eigenvalue weighted by molar-refractivity contribution is 5.83. The largest absolute Gasteiger partial charge is 0.508 e. The lowest BCUT2D eigenvalue weighted by Gasteiger charge is -2.45. The summed E-state index contributed by atoms with van der Waals surface area (Å²) in [6.07, 6.45) is 1.16. The van der Waals surface area contributed by atoms with Gasteiger partial charge in [-0.3, -0.25) is 14.4 Å². The number of ether oxygens (including phenoxy) is 2. The van der Waals surface area contributed by atoms with Crippen molar-refractivity contribution in [2.75, 3.05) is 26.2 Å². The summed E-state index contributed by atoms with van der Waals surface area (Å²) < 4.78 is 9.82. The molecule has 206 valence electrons. The SMILES string of the molecule is CC(=O)OC(C)OC(=O)CNC(=O)C(CCN1CCC(C)(c2cccc(O)c2)C(C)C1)Cc1ccccc1. The lowest BCUT2D eigenvalue weighted by Crippen LogP contribution is -2.48. The first-order valence-electron chi connectivity index (χ1n) is 13.3. The van der Waals surface area contributed by atoms with Gasteiger partial charge in [-0.05, 0) is 66.9 Å². The minimum absolute atomic E-state index is 0.0281. The summed E-state index contributed by atoms with van der Waals surface area (Å²) in [5.41, 5.74) is 2.18. The highest BCUT2D eigenvalue weighted by Crippen LogP contribution is 2.40. The van der Waals surface area contributed by atoms with E-state index in [1.165, 1.54) is 13.8 Å². The van der Waals surface area contributed by atoms with Gasteiger partial charge in [-0.1, -0.05) is 56.3 Å². The molecule has 1 saturated heterocycles. The molecule has 1 aliphatic rings. The number of phenolic OH excluding ortho intramolecular Hbond substituents is 1. The first-order valence-corrected chi connectivity index (χ1v) is 13.3. The number of hydrogen-bond acceptors (Lipinski definition) is 7. The van der Waals surface area contributed by atoms with Crippen LogP contribution in [0.1, 0.15) is 51.7 Å². The Morgan fingerprint density at radius 2 is 1.87 bits per heavy atom. The van der Waals surface area contributed by atoms with Gasteiger partial charge in [0.15, 0.2) is 0 Å². The van der Waals surface area contributed by atoms with Crippen LogP contribution in [-0.2, 0) is 35.7 Å². The molecule has 0 bridgehead atoms. The van der Waals surface area contributed by atoms with Crippen molar-refractivity contribution in [3.05, 3.63) is 65.7 Å². The summed E-state index contributed by atoms with van der Waals surface area (Å²) in [7, 11) is 0. The molecular formula is C30H40N2O6. The number of likely N-dealkylation sites (tertiary alicyclic amines) is 1. The van der Waals surface area contributed by atoms with E-state index in [-0.39, 0.29) is 29.5 Å². The number of carbonyl (C=O) groups excluding carboxylic acids is 3. The fourth-order valence-corrected chi connectivity index (χ4v) is 5.16. The minimum atomic E-state index is -1.01. The Morgan fingerprint density at radius 3 is 2.53 bits per heavy atom. The standard InChI is InChI=1S/C30H40N2O6/c1-21-20-32(16-14-30(21,4)26-11-8-12-27(34)18-26)15-13-25(17-24-9-6-5-7-10-24)29(36)31-19-28(35)38-23(3)37-22(2)33/h5-12,18,21,23,25,34H,13-17,19-20H2,1-4H3,(H,31,36). The maximum absolute atomic E-state index is 13.1. The summed E-state index contributed by atoms with van der Waals surface area (Å²) in [6.45, 7) is 9.45. The number of hydrogen-bond donors (Lipinski definition) is 2. The van der Waals surface area contributed by atoms with Crippen molar-refractivity contribution >= 4 is 17.8 Å². The molecule has 2 aromatic carbocycles. The number of phenols is 1. The predicted molar refractivity (Wildman–Crippen MR) is 144 cm³/mol. The van der Waals surface area contributed by atoms with E-state index in [0.29, 0.717) is 18.8 Å². The van der Waals surface area contributed by atoms with Crippen molar-refractivity contribution in [2.24, 2.45) is 11.8 Å². The van der Waals surface area contributed by atoms with Gasteiger partial charge in [0.2, 0.25) is 12.2 Å². The van der Waals surface area contributed by atoms with Crippen molar-refractivity contribution in [3.8, 4) is 5.75 Å². The Kier molecular flexibility index (Phi) is 10.3. The fraction of sp³-hybridized carbons (Fsp3) is 0.500. The van der Waals surface area contributed by atoms with Crippen LogP contribution >= 0.6 is 0 Å². The van der Waals surface area contributed by atoms with Gasteiger partial charge in [-0.15, -0.1) is 0 Å². The molecule has 8 heteroatoms.